The van der Waals surface area contributed by atoms with Crippen LogP contribution >= 0.6 is 27.5 Å². The fraction of sp³-hybridized carbons (Fsp3) is 0.625. The maximum absolute atomic E-state index is 5.97. The van der Waals surface area contributed by atoms with Gasteiger partial charge in [-0.25, -0.2) is 0 Å². The van der Waals surface area contributed by atoms with Gasteiger partial charge in [-0.15, -0.1) is 0 Å². The van der Waals surface area contributed by atoms with Crippen molar-refractivity contribution in [3.05, 3.63) is 15.3 Å². The largest absolute Gasteiger partial charge is 0.262 e. The van der Waals surface area contributed by atoms with Crippen LogP contribution in [-0.2, 0) is 5.54 Å². The predicted octanol–water partition coefficient (Wildman–Crippen LogP) is 3.36. The molecule has 0 aliphatic heterocycles. The van der Waals surface area contributed by atoms with Crippen LogP contribution in [0.3, 0.4) is 0 Å². The van der Waals surface area contributed by atoms with Crippen LogP contribution in [0.15, 0.2) is 4.60 Å². The van der Waals surface area contributed by atoms with Crippen LogP contribution in [0.5, 0.6) is 0 Å². The molecule has 0 amide bonds. The third-order valence-electron chi connectivity index (χ3n) is 1.64. The highest BCUT2D eigenvalue weighted by atomic mass is 79.9. The highest BCUT2D eigenvalue weighted by molar-refractivity contribution is 9.10. The number of hydrogen-bond donors (Lipinski definition) is 0. The van der Waals surface area contributed by atoms with Gasteiger partial charge in [0.05, 0.1) is 16.3 Å². The van der Waals surface area contributed by atoms with Crippen LogP contribution in [-0.4, -0.2) is 9.78 Å². The van der Waals surface area contributed by atoms with Crippen LogP contribution in [0.2, 0.25) is 5.02 Å². The van der Waals surface area contributed by atoms with Crippen molar-refractivity contribution in [1.29, 1.82) is 0 Å². The molecule has 0 saturated heterocycles. The quantitative estimate of drug-likeness (QED) is 0.691. The van der Waals surface area contributed by atoms with Crippen molar-refractivity contribution in [2.75, 3.05) is 0 Å². The molecule has 0 N–H and O–H groups in total. The van der Waals surface area contributed by atoms with E-state index >= 15 is 0 Å². The molecule has 0 spiro atoms. The molecule has 0 saturated carbocycles. The Balaban J connectivity index is 3.28. The summed E-state index contributed by atoms with van der Waals surface area (Å²) in [5.41, 5.74) is 0.982. The smallest absolute Gasteiger partial charge is 0.147 e. The van der Waals surface area contributed by atoms with Crippen molar-refractivity contribution in [2.24, 2.45) is 0 Å². The molecule has 0 atom stereocenters. The average molecular weight is 252 g/mol. The first-order valence-corrected chi connectivity index (χ1v) is 4.92. The van der Waals surface area contributed by atoms with E-state index in [1.54, 1.807) is 0 Å². The molecular formula is C8H12BrClN2. The van der Waals surface area contributed by atoms with E-state index < -0.39 is 0 Å². The maximum atomic E-state index is 5.97. The van der Waals surface area contributed by atoms with E-state index in [0.717, 1.165) is 10.3 Å². The predicted molar refractivity (Wildman–Crippen MR) is 54.7 cm³/mol. The summed E-state index contributed by atoms with van der Waals surface area (Å²) in [6.45, 7) is 8.24. The monoisotopic (exact) mass is 250 g/mol. The average Bonchev–Trinajstić information content (AvgIpc) is 2.15. The van der Waals surface area contributed by atoms with Gasteiger partial charge in [0, 0.05) is 0 Å². The van der Waals surface area contributed by atoms with Crippen molar-refractivity contribution in [2.45, 2.75) is 33.2 Å². The van der Waals surface area contributed by atoms with Gasteiger partial charge in [-0.2, -0.15) is 5.10 Å². The summed E-state index contributed by atoms with van der Waals surface area (Å²) < 4.78 is 2.64. The van der Waals surface area contributed by atoms with Gasteiger partial charge in [0.15, 0.2) is 0 Å². The zero-order chi connectivity index (χ0) is 9.52. The molecule has 0 bridgehead atoms. The molecule has 0 aliphatic rings. The Hall–Kier alpha value is -0.0200. The van der Waals surface area contributed by atoms with Crippen molar-refractivity contribution in [3.63, 3.8) is 0 Å². The van der Waals surface area contributed by atoms with Crippen LogP contribution in [0.1, 0.15) is 26.5 Å². The minimum absolute atomic E-state index is 0.0141. The molecule has 2 nitrogen and oxygen atoms in total. The summed E-state index contributed by atoms with van der Waals surface area (Å²) in [6, 6.07) is 0. The summed E-state index contributed by atoms with van der Waals surface area (Å²) >= 11 is 9.27. The van der Waals surface area contributed by atoms with E-state index in [4.69, 9.17) is 11.6 Å². The second kappa shape index (κ2) is 3.04. The SMILES string of the molecule is Cc1c(Cl)c(Br)nn1C(C)(C)C. The third-order valence-corrected chi connectivity index (χ3v) is 2.88. The number of aromatic nitrogens is 2. The topological polar surface area (TPSA) is 17.8 Å². The summed E-state index contributed by atoms with van der Waals surface area (Å²) in [5.74, 6) is 0. The molecule has 1 heterocycles. The highest BCUT2D eigenvalue weighted by Gasteiger charge is 2.20. The fourth-order valence-corrected chi connectivity index (χ4v) is 1.67. The van der Waals surface area contributed by atoms with Crippen LogP contribution in [0.25, 0.3) is 0 Å². The van der Waals surface area contributed by atoms with Gasteiger partial charge in [-0.3, -0.25) is 4.68 Å². The molecule has 0 radical (unpaired) electrons. The summed E-state index contributed by atoms with van der Waals surface area (Å²) in [6.07, 6.45) is 0. The van der Waals surface area contributed by atoms with Crippen molar-refractivity contribution in [3.8, 4) is 0 Å². The van der Waals surface area contributed by atoms with Crippen LogP contribution in [0.4, 0.5) is 0 Å². The molecule has 0 fully saturated rings. The van der Waals surface area contributed by atoms with E-state index in [9.17, 15) is 0 Å². The van der Waals surface area contributed by atoms with Gasteiger partial charge in [-0.05, 0) is 43.6 Å². The molecule has 0 aromatic carbocycles. The lowest BCUT2D eigenvalue weighted by Gasteiger charge is -2.20. The van der Waals surface area contributed by atoms with E-state index in [1.807, 2.05) is 11.6 Å². The van der Waals surface area contributed by atoms with E-state index in [-0.39, 0.29) is 5.54 Å². The maximum Gasteiger partial charge on any atom is 0.147 e. The van der Waals surface area contributed by atoms with Gasteiger partial charge < -0.3 is 0 Å². The molecular weight excluding hydrogens is 239 g/mol. The second-order valence-corrected chi connectivity index (χ2v) is 4.90. The van der Waals surface area contributed by atoms with Gasteiger partial charge >= 0.3 is 0 Å². The zero-order valence-corrected chi connectivity index (χ0v) is 9.99. The van der Waals surface area contributed by atoms with Gasteiger partial charge in [-0.1, -0.05) is 11.6 Å². The molecule has 1 aromatic heterocycles. The van der Waals surface area contributed by atoms with Crippen LogP contribution in [0, 0.1) is 6.92 Å². The van der Waals surface area contributed by atoms with Crippen molar-refractivity contribution < 1.29 is 0 Å². The number of rotatable bonds is 0. The molecule has 0 unspecified atom stereocenters. The lowest BCUT2D eigenvalue weighted by atomic mass is 10.1. The van der Waals surface area contributed by atoms with Gasteiger partial charge in [0.1, 0.15) is 4.60 Å². The molecule has 1 rings (SSSR count). The standard InChI is InChI=1S/C8H12BrClN2/c1-5-6(10)7(9)11-12(5)8(2,3)4/h1-4H3. The Bertz CT molecular complexity index is 299. The van der Waals surface area contributed by atoms with Crippen molar-refractivity contribution >= 4 is 27.5 Å². The minimum atomic E-state index is -0.0141. The second-order valence-electron chi connectivity index (χ2n) is 3.77. The lowest BCUT2D eigenvalue weighted by molar-refractivity contribution is 0.347. The molecule has 1 aromatic rings. The first-order chi connectivity index (χ1) is 5.34. The Morgan fingerprint density at radius 3 is 2.08 bits per heavy atom. The highest BCUT2D eigenvalue weighted by Crippen LogP contribution is 2.28. The summed E-state index contributed by atoms with van der Waals surface area (Å²) in [7, 11) is 0. The molecule has 68 valence electrons. The first kappa shape index (κ1) is 10.1. The first-order valence-electron chi connectivity index (χ1n) is 3.75. The van der Waals surface area contributed by atoms with Gasteiger partial charge in [0.25, 0.3) is 0 Å². The number of hydrogen-bond acceptors (Lipinski definition) is 1. The van der Waals surface area contributed by atoms with Crippen LogP contribution < -0.4 is 0 Å². The Morgan fingerprint density at radius 2 is 1.92 bits per heavy atom. The minimum Gasteiger partial charge on any atom is -0.262 e. The molecule has 4 heteroatoms. The van der Waals surface area contributed by atoms with Crippen molar-refractivity contribution in [1.82, 2.24) is 9.78 Å². The lowest BCUT2D eigenvalue weighted by Crippen LogP contribution is -2.24. The third kappa shape index (κ3) is 1.67. The van der Waals surface area contributed by atoms with E-state index in [1.165, 1.54) is 0 Å². The van der Waals surface area contributed by atoms with E-state index in [2.05, 4.69) is 41.8 Å². The summed E-state index contributed by atoms with van der Waals surface area (Å²) in [4.78, 5) is 0. The molecule has 12 heavy (non-hydrogen) atoms. The van der Waals surface area contributed by atoms with E-state index in [0.29, 0.717) is 5.02 Å². The number of halogens is 2. The Morgan fingerprint density at radius 1 is 1.42 bits per heavy atom. The summed E-state index contributed by atoms with van der Waals surface area (Å²) in [5, 5.41) is 4.98. The zero-order valence-electron chi connectivity index (χ0n) is 7.65. The Kier molecular flexibility index (Phi) is 2.55. The normalized spacial score (nSPS) is 12.2. The molecule has 0 aliphatic carbocycles. The number of nitrogens with zero attached hydrogens (tertiary/aromatic N) is 2. The fourth-order valence-electron chi connectivity index (χ4n) is 1.10. The van der Waals surface area contributed by atoms with Gasteiger partial charge in [0.2, 0.25) is 0 Å². The Labute approximate surface area is 86.0 Å².